The van der Waals surface area contributed by atoms with Gasteiger partial charge in [0.15, 0.2) is 0 Å². The lowest BCUT2D eigenvalue weighted by molar-refractivity contribution is -0.127. The molecule has 2 heterocycles. The molecule has 0 saturated carbocycles. The van der Waals surface area contributed by atoms with Crippen LogP contribution in [-0.2, 0) is 11.3 Å². The molecule has 1 amide bonds. The second kappa shape index (κ2) is 5.31. The predicted octanol–water partition coefficient (Wildman–Crippen LogP) is 0.845. The monoisotopic (exact) mass is 237 g/mol. The first-order valence-electron chi connectivity index (χ1n) is 6.07. The number of amides is 1. The highest BCUT2D eigenvalue weighted by Gasteiger charge is 2.27. The molecule has 2 rings (SSSR count). The Morgan fingerprint density at radius 1 is 1.71 bits per heavy atom. The van der Waals surface area contributed by atoms with Crippen molar-refractivity contribution in [1.29, 1.82) is 0 Å². The van der Waals surface area contributed by atoms with Crippen molar-refractivity contribution in [3.8, 4) is 0 Å². The van der Waals surface area contributed by atoms with E-state index >= 15 is 0 Å². The zero-order valence-electron chi connectivity index (χ0n) is 10.3. The number of nitrogens with zero attached hydrogens (tertiary/aromatic N) is 1. The minimum absolute atomic E-state index is 0.115. The predicted molar refractivity (Wildman–Crippen MR) is 63.2 cm³/mol. The Kier molecular flexibility index (Phi) is 3.78. The van der Waals surface area contributed by atoms with Crippen LogP contribution in [0.25, 0.3) is 0 Å². The van der Waals surface area contributed by atoms with Gasteiger partial charge in [0.05, 0.1) is 6.54 Å². The number of carbonyl (C=O) groups excluding carboxylic acids is 1. The number of aryl methyl sites for hydroxylation is 1. The van der Waals surface area contributed by atoms with Crippen molar-refractivity contribution < 1.29 is 9.32 Å². The van der Waals surface area contributed by atoms with Gasteiger partial charge in [0.2, 0.25) is 5.91 Å². The normalized spacial score (nSPS) is 24.6. The maximum Gasteiger partial charge on any atom is 0.223 e. The zero-order chi connectivity index (χ0) is 12.3. The van der Waals surface area contributed by atoms with E-state index in [1.54, 1.807) is 0 Å². The number of hydrogen-bond donors (Lipinski definition) is 2. The van der Waals surface area contributed by atoms with Crippen LogP contribution in [0.4, 0.5) is 0 Å². The number of aromatic nitrogens is 1. The molecule has 2 N–H and O–H groups in total. The molecule has 1 fully saturated rings. The van der Waals surface area contributed by atoms with E-state index in [2.05, 4.69) is 22.7 Å². The fourth-order valence-corrected chi connectivity index (χ4v) is 2.21. The summed E-state index contributed by atoms with van der Waals surface area (Å²) in [5.74, 6) is 1.40. The van der Waals surface area contributed by atoms with Gasteiger partial charge in [-0.15, -0.1) is 0 Å². The third-order valence-electron chi connectivity index (χ3n) is 3.24. The Balaban J connectivity index is 1.84. The summed E-state index contributed by atoms with van der Waals surface area (Å²) in [4.78, 5) is 12.0. The van der Waals surface area contributed by atoms with Crippen LogP contribution < -0.4 is 10.6 Å². The van der Waals surface area contributed by atoms with Crippen molar-refractivity contribution in [2.24, 2.45) is 11.8 Å². The summed E-state index contributed by atoms with van der Waals surface area (Å²) in [6, 6.07) is 1.84. The molecule has 2 unspecified atom stereocenters. The zero-order valence-corrected chi connectivity index (χ0v) is 10.3. The first kappa shape index (κ1) is 12.1. The lowest BCUT2D eigenvalue weighted by Gasteiger charge is -2.28. The summed E-state index contributed by atoms with van der Waals surface area (Å²) in [7, 11) is 0. The van der Waals surface area contributed by atoms with Gasteiger partial charge < -0.3 is 15.2 Å². The number of piperidine rings is 1. The van der Waals surface area contributed by atoms with E-state index in [1.165, 1.54) is 0 Å². The molecule has 2 atom stereocenters. The molecule has 0 aromatic carbocycles. The maximum atomic E-state index is 12.0. The highest BCUT2D eigenvalue weighted by Crippen LogP contribution is 2.18. The summed E-state index contributed by atoms with van der Waals surface area (Å²) in [6.07, 6.45) is 0.908. The third-order valence-corrected chi connectivity index (χ3v) is 3.24. The van der Waals surface area contributed by atoms with Gasteiger partial charge in [-0.05, 0) is 32.4 Å². The second-order valence-electron chi connectivity index (χ2n) is 4.72. The number of carbonyl (C=O) groups is 1. The molecule has 1 aromatic rings. The average molecular weight is 237 g/mol. The number of hydrogen-bond acceptors (Lipinski definition) is 4. The van der Waals surface area contributed by atoms with E-state index in [1.807, 2.05) is 13.0 Å². The highest BCUT2D eigenvalue weighted by molar-refractivity contribution is 5.79. The van der Waals surface area contributed by atoms with Crippen LogP contribution >= 0.6 is 0 Å². The van der Waals surface area contributed by atoms with E-state index in [9.17, 15) is 4.79 Å². The Labute approximate surface area is 101 Å². The lowest BCUT2D eigenvalue weighted by atomic mass is 9.87. The Morgan fingerprint density at radius 3 is 3.18 bits per heavy atom. The van der Waals surface area contributed by atoms with E-state index in [0.29, 0.717) is 12.5 Å². The average Bonchev–Trinajstić information content (AvgIpc) is 2.73. The van der Waals surface area contributed by atoms with Gasteiger partial charge in [-0.2, -0.15) is 0 Å². The van der Waals surface area contributed by atoms with Crippen LogP contribution in [0, 0.1) is 18.8 Å². The van der Waals surface area contributed by atoms with Crippen LogP contribution in [0.5, 0.6) is 0 Å². The van der Waals surface area contributed by atoms with Crippen LogP contribution in [-0.4, -0.2) is 24.2 Å². The van der Waals surface area contributed by atoms with Crippen molar-refractivity contribution in [2.45, 2.75) is 26.8 Å². The first-order chi connectivity index (χ1) is 8.16. The molecular weight excluding hydrogens is 218 g/mol. The van der Waals surface area contributed by atoms with Gasteiger partial charge in [-0.25, -0.2) is 0 Å². The Bertz CT molecular complexity index is 389. The van der Waals surface area contributed by atoms with E-state index in [0.717, 1.165) is 31.0 Å². The largest absolute Gasteiger partial charge is 0.361 e. The molecule has 1 aromatic heterocycles. The number of nitrogens with one attached hydrogen (secondary N) is 2. The molecule has 17 heavy (non-hydrogen) atoms. The Hall–Kier alpha value is -1.36. The molecule has 0 aliphatic carbocycles. The van der Waals surface area contributed by atoms with Crippen LogP contribution in [0.3, 0.4) is 0 Å². The summed E-state index contributed by atoms with van der Waals surface area (Å²) in [6.45, 7) is 6.24. The van der Waals surface area contributed by atoms with Gasteiger partial charge in [0.1, 0.15) is 11.5 Å². The van der Waals surface area contributed by atoms with Crippen LogP contribution in [0.15, 0.2) is 10.6 Å². The van der Waals surface area contributed by atoms with Gasteiger partial charge in [0.25, 0.3) is 0 Å². The first-order valence-corrected chi connectivity index (χ1v) is 6.07. The maximum absolute atomic E-state index is 12.0. The molecule has 0 bridgehead atoms. The van der Waals surface area contributed by atoms with E-state index in [4.69, 9.17) is 4.52 Å². The fourth-order valence-electron chi connectivity index (χ4n) is 2.21. The van der Waals surface area contributed by atoms with Crippen LogP contribution in [0.1, 0.15) is 24.8 Å². The molecular formula is C12H19N3O2. The minimum Gasteiger partial charge on any atom is -0.361 e. The third kappa shape index (κ3) is 3.06. The van der Waals surface area contributed by atoms with Crippen molar-refractivity contribution in [1.82, 2.24) is 15.8 Å². The Morgan fingerprint density at radius 2 is 2.53 bits per heavy atom. The topological polar surface area (TPSA) is 67.2 Å². The summed E-state index contributed by atoms with van der Waals surface area (Å²) in [5, 5.41) is 10.1. The van der Waals surface area contributed by atoms with E-state index < -0.39 is 0 Å². The molecule has 0 radical (unpaired) electrons. The van der Waals surface area contributed by atoms with Gasteiger partial charge >= 0.3 is 0 Å². The van der Waals surface area contributed by atoms with Gasteiger partial charge in [-0.3, -0.25) is 4.79 Å². The lowest BCUT2D eigenvalue weighted by Crippen LogP contribution is -2.43. The molecule has 5 nitrogen and oxygen atoms in total. The van der Waals surface area contributed by atoms with Crippen molar-refractivity contribution >= 4 is 5.91 Å². The second-order valence-corrected chi connectivity index (χ2v) is 4.72. The quantitative estimate of drug-likeness (QED) is 0.817. The van der Waals surface area contributed by atoms with Crippen molar-refractivity contribution in [3.63, 3.8) is 0 Å². The van der Waals surface area contributed by atoms with Crippen LogP contribution in [0.2, 0.25) is 0 Å². The summed E-state index contributed by atoms with van der Waals surface area (Å²) < 4.78 is 4.95. The van der Waals surface area contributed by atoms with Gasteiger partial charge in [0, 0.05) is 12.0 Å². The molecule has 94 valence electrons. The minimum atomic E-state index is 0.115. The fraction of sp³-hybridized carbons (Fsp3) is 0.667. The molecule has 5 heteroatoms. The molecule has 1 aliphatic heterocycles. The molecule has 1 aliphatic rings. The standard InChI is InChI=1S/C12H19N3O2/c1-8-6-13-4-3-11(8)12(16)14-7-10-5-9(2)17-15-10/h5,8,11,13H,3-4,6-7H2,1-2H3,(H,14,16). The SMILES string of the molecule is Cc1cc(CNC(=O)C2CCNCC2C)no1. The van der Waals surface area contributed by atoms with Crippen molar-refractivity contribution in [2.75, 3.05) is 13.1 Å². The highest BCUT2D eigenvalue weighted by atomic mass is 16.5. The summed E-state index contributed by atoms with van der Waals surface area (Å²) in [5.41, 5.74) is 0.775. The van der Waals surface area contributed by atoms with Gasteiger partial charge in [-0.1, -0.05) is 12.1 Å². The molecule has 1 saturated heterocycles. The molecule has 0 spiro atoms. The van der Waals surface area contributed by atoms with E-state index in [-0.39, 0.29) is 11.8 Å². The smallest absolute Gasteiger partial charge is 0.223 e. The summed E-state index contributed by atoms with van der Waals surface area (Å²) >= 11 is 0. The number of rotatable bonds is 3. The van der Waals surface area contributed by atoms with Crippen molar-refractivity contribution in [3.05, 3.63) is 17.5 Å².